The van der Waals surface area contributed by atoms with Gasteiger partial charge >= 0.3 is 0 Å². The average Bonchev–Trinajstić information content (AvgIpc) is 2.39. The first-order chi connectivity index (χ1) is 8.24. The highest BCUT2D eigenvalue weighted by atomic mass is 16.3. The van der Waals surface area contributed by atoms with Gasteiger partial charge in [-0.15, -0.1) is 0 Å². The maximum Gasteiger partial charge on any atom is 0.0807 e. The van der Waals surface area contributed by atoms with Crippen molar-refractivity contribution in [1.82, 2.24) is 0 Å². The molecule has 96 valence electrons. The lowest BCUT2D eigenvalue weighted by molar-refractivity contribution is 0.174. The van der Waals surface area contributed by atoms with E-state index >= 15 is 0 Å². The van der Waals surface area contributed by atoms with E-state index in [9.17, 15) is 5.11 Å². The third kappa shape index (κ3) is 3.74. The van der Waals surface area contributed by atoms with E-state index in [-0.39, 0.29) is 6.10 Å². The molecule has 1 aromatic carbocycles. The second kappa shape index (κ2) is 7.33. The zero-order valence-corrected chi connectivity index (χ0v) is 11.3. The van der Waals surface area contributed by atoms with Crippen molar-refractivity contribution in [2.45, 2.75) is 46.1 Å². The van der Waals surface area contributed by atoms with E-state index < -0.39 is 0 Å². The van der Waals surface area contributed by atoms with Gasteiger partial charge in [-0.25, -0.2) is 0 Å². The Morgan fingerprint density at radius 1 is 1.18 bits per heavy atom. The molecule has 0 aliphatic heterocycles. The summed E-state index contributed by atoms with van der Waals surface area (Å²) in [6.07, 6.45) is 2.82. The van der Waals surface area contributed by atoms with Crippen LogP contribution in [0, 0.1) is 0 Å². The number of hydrogen-bond acceptors (Lipinski definition) is 2. The summed E-state index contributed by atoms with van der Waals surface area (Å²) in [5, 5.41) is 10.1. The van der Waals surface area contributed by atoms with Crippen LogP contribution in [0.2, 0.25) is 0 Å². The number of unbranched alkanes of at least 4 members (excludes halogenated alkanes) is 1. The molecule has 0 fully saturated rings. The van der Waals surface area contributed by atoms with Gasteiger partial charge in [-0.2, -0.15) is 0 Å². The Morgan fingerprint density at radius 3 is 2.47 bits per heavy atom. The summed E-state index contributed by atoms with van der Waals surface area (Å²) in [6, 6.07) is 8.21. The van der Waals surface area contributed by atoms with E-state index in [1.165, 1.54) is 18.5 Å². The Balaban J connectivity index is 2.93. The maximum absolute atomic E-state index is 10.1. The Bertz CT molecular complexity index is 324. The minimum atomic E-state index is -0.345. The van der Waals surface area contributed by atoms with E-state index in [0.29, 0.717) is 0 Å². The largest absolute Gasteiger partial charge is 0.388 e. The zero-order valence-electron chi connectivity index (χ0n) is 11.3. The number of nitrogens with zero attached hydrogens (tertiary/aromatic N) is 1. The molecule has 0 saturated carbocycles. The van der Waals surface area contributed by atoms with Crippen LogP contribution in [0.25, 0.3) is 0 Å². The van der Waals surface area contributed by atoms with Gasteiger partial charge in [0.15, 0.2) is 0 Å². The molecule has 0 aliphatic carbocycles. The zero-order chi connectivity index (χ0) is 12.7. The lowest BCUT2D eigenvalue weighted by Crippen LogP contribution is -2.25. The molecule has 0 spiro atoms. The summed E-state index contributed by atoms with van der Waals surface area (Å²) in [5.74, 6) is 0. The predicted octanol–water partition coefficient (Wildman–Crippen LogP) is 3.76. The third-order valence-electron chi connectivity index (χ3n) is 3.19. The summed E-state index contributed by atoms with van der Waals surface area (Å²) in [4.78, 5) is 2.36. The molecule has 0 radical (unpaired) electrons. The second-order valence-electron chi connectivity index (χ2n) is 4.42. The number of aliphatic hydroxyl groups excluding tert-OH is 1. The van der Waals surface area contributed by atoms with Gasteiger partial charge in [0.25, 0.3) is 0 Å². The fourth-order valence-electron chi connectivity index (χ4n) is 2.08. The minimum Gasteiger partial charge on any atom is -0.388 e. The van der Waals surface area contributed by atoms with Gasteiger partial charge in [-0.1, -0.05) is 38.5 Å². The Hall–Kier alpha value is -1.02. The van der Waals surface area contributed by atoms with E-state index in [2.05, 4.69) is 30.9 Å². The van der Waals surface area contributed by atoms with Crippen LogP contribution in [-0.4, -0.2) is 18.2 Å². The summed E-state index contributed by atoms with van der Waals surface area (Å²) in [6.45, 7) is 8.46. The van der Waals surface area contributed by atoms with Gasteiger partial charge < -0.3 is 10.0 Å². The van der Waals surface area contributed by atoms with Gasteiger partial charge in [0, 0.05) is 24.3 Å². The first-order valence-corrected chi connectivity index (χ1v) is 6.76. The Morgan fingerprint density at radius 2 is 1.88 bits per heavy atom. The molecule has 1 rings (SSSR count). The summed E-state index contributed by atoms with van der Waals surface area (Å²) < 4.78 is 0. The van der Waals surface area contributed by atoms with E-state index in [0.717, 1.165) is 25.1 Å². The second-order valence-corrected chi connectivity index (χ2v) is 4.42. The summed E-state index contributed by atoms with van der Waals surface area (Å²) >= 11 is 0. The molecule has 2 nitrogen and oxygen atoms in total. The van der Waals surface area contributed by atoms with Crippen molar-refractivity contribution in [3.05, 3.63) is 29.8 Å². The number of anilines is 1. The number of rotatable bonds is 7. The van der Waals surface area contributed by atoms with Crippen LogP contribution in [0.4, 0.5) is 5.69 Å². The molecule has 2 heteroatoms. The Labute approximate surface area is 105 Å². The van der Waals surface area contributed by atoms with E-state index in [4.69, 9.17) is 0 Å². The minimum absolute atomic E-state index is 0.345. The highest BCUT2D eigenvalue weighted by Gasteiger charge is 2.13. The molecule has 0 amide bonds. The van der Waals surface area contributed by atoms with Crippen molar-refractivity contribution < 1.29 is 5.11 Å². The monoisotopic (exact) mass is 235 g/mol. The van der Waals surface area contributed by atoms with Crippen molar-refractivity contribution in [3.63, 3.8) is 0 Å². The molecule has 0 bridgehead atoms. The van der Waals surface area contributed by atoms with E-state index in [1.54, 1.807) is 0 Å². The molecule has 1 N–H and O–H groups in total. The van der Waals surface area contributed by atoms with E-state index in [1.807, 2.05) is 19.1 Å². The highest BCUT2D eigenvalue weighted by Crippen LogP contribution is 2.28. The van der Waals surface area contributed by atoms with Crippen LogP contribution in [-0.2, 0) is 0 Å². The van der Waals surface area contributed by atoms with Crippen molar-refractivity contribution in [2.75, 3.05) is 18.0 Å². The predicted molar refractivity (Wildman–Crippen MR) is 74.5 cm³/mol. The SMILES string of the molecule is CCCCN(CC)c1ccccc1[C@@H](O)CC. The lowest BCUT2D eigenvalue weighted by atomic mass is 10.0. The summed E-state index contributed by atoms with van der Waals surface area (Å²) in [5.41, 5.74) is 2.26. The van der Waals surface area contributed by atoms with Crippen LogP contribution in [0.5, 0.6) is 0 Å². The molecular weight excluding hydrogens is 210 g/mol. The number of aliphatic hydroxyl groups is 1. The molecule has 0 unspecified atom stereocenters. The van der Waals surface area contributed by atoms with Gasteiger partial charge in [-0.05, 0) is 25.8 Å². The molecule has 0 aliphatic rings. The maximum atomic E-state index is 10.1. The Kier molecular flexibility index (Phi) is 6.06. The van der Waals surface area contributed by atoms with Crippen molar-refractivity contribution in [1.29, 1.82) is 0 Å². The fourth-order valence-corrected chi connectivity index (χ4v) is 2.08. The van der Waals surface area contributed by atoms with Crippen LogP contribution in [0.3, 0.4) is 0 Å². The molecule has 1 atom stereocenters. The average molecular weight is 235 g/mol. The van der Waals surface area contributed by atoms with Crippen molar-refractivity contribution in [2.24, 2.45) is 0 Å². The third-order valence-corrected chi connectivity index (χ3v) is 3.19. The van der Waals surface area contributed by atoms with Crippen LogP contribution in [0.15, 0.2) is 24.3 Å². The number of benzene rings is 1. The number of hydrogen-bond donors (Lipinski definition) is 1. The van der Waals surface area contributed by atoms with Gasteiger partial charge in [0.2, 0.25) is 0 Å². The van der Waals surface area contributed by atoms with Gasteiger partial charge in [-0.3, -0.25) is 0 Å². The first-order valence-electron chi connectivity index (χ1n) is 6.76. The smallest absolute Gasteiger partial charge is 0.0807 e. The molecular formula is C15H25NO. The molecule has 17 heavy (non-hydrogen) atoms. The van der Waals surface area contributed by atoms with Crippen LogP contribution < -0.4 is 4.90 Å². The number of para-hydroxylation sites is 1. The van der Waals surface area contributed by atoms with Crippen LogP contribution >= 0.6 is 0 Å². The standard InChI is InChI=1S/C15H25NO/c1-4-7-12-16(6-3)14-11-9-8-10-13(14)15(17)5-2/h8-11,15,17H,4-7,12H2,1-3H3/t15-/m0/s1. The lowest BCUT2D eigenvalue weighted by Gasteiger charge is -2.27. The molecule has 0 aromatic heterocycles. The topological polar surface area (TPSA) is 23.5 Å². The quantitative estimate of drug-likeness (QED) is 0.778. The van der Waals surface area contributed by atoms with Crippen molar-refractivity contribution >= 4 is 5.69 Å². The molecule has 1 aromatic rings. The van der Waals surface area contributed by atoms with Crippen LogP contribution in [0.1, 0.15) is 51.7 Å². The fraction of sp³-hybridized carbons (Fsp3) is 0.600. The van der Waals surface area contributed by atoms with Crippen molar-refractivity contribution in [3.8, 4) is 0 Å². The molecule has 0 saturated heterocycles. The van der Waals surface area contributed by atoms with Gasteiger partial charge in [0.1, 0.15) is 0 Å². The molecule has 0 heterocycles. The highest BCUT2D eigenvalue weighted by molar-refractivity contribution is 5.54. The summed E-state index contributed by atoms with van der Waals surface area (Å²) in [7, 11) is 0. The first kappa shape index (κ1) is 14.0. The van der Waals surface area contributed by atoms with Gasteiger partial charge in [0.05, 0.1) is 6.10 Å². The normalized spacial score (nSPS) is 12.5.